The number of rotatable bonds is 2. The Bertz CT molecular complexity index is 216. The highest BCUT2D eigenvalue weighted by Gasteiger charge is 2.24. The second-order valence-corrected chi connectivity index (χ2v) is 2.86. The van der Waals surface area contributed by atoms with Gasteiger partial charge in [0.25, 0.3) is 0 Å². The highest BCUT2D eigenvalue weighted by atomic mass is 16.6. The number of hydrogen-bond donors (Lipinski definition) is 3. The molecule has 3 N–H and O–H groups in total. The molecule has 0 saturated carbocycles. The van der Waals surface area contributed by atoms with Gasteiger partial charge in [-0.25, -0.2) is 0 Å². The van der Waals surface area contributed by atoms with Crippen LogP contribution in [0.3, 0.4) is 0 Å². The van der Waals surface area contributed by atoms with E-state index < -0.39 is 18.4 Å². The van der Waals surface area contributed by atoms with Crippen LogP contribution in [0.4, 0.5) is 0 Å². The van der Waals surface area contributed by atoms with Crippen LogP contribution in [0, 0.1) is 0 Å². The van der Waals surface area contributed by atoms with Gasteiger partial charge in [0.15, 0.2) is 6.29 Å². The van der Waals surface area contributed by atoms with Crippen molar-refractivity contribution in [2.75, 3.05) is 6.61 Å². The normalized spacial score (nSPS) is 33.0. The van der Waals surface area contributed by atoms with Crippen molar-refractivity contribution in [2.45, 2.75) is 25.4 Å². The average Bonchev–Trinajstić information content (AvgIpc) is 2.08. The maximum absolute atomic E-state index is 10.6. The molecule has 3 atom stereocenters. The summed E-state index contributed by atoms with van der Waals surface area (Å²) in [5.74, 6) is -0.236. The van der Waals surface area contributed by atoms with Crippen LogP contribution < -0.4 is 5.32 Å². The summed E-state index contributed by atoms with van der Waals surface area (Å²) < 4.78 is 4.95. The van der Waals surface area contributed by atoms with Gasteiger partial charge in [-0.1, -0.05) is 12.2 Å². The third-order valence-electron chi connectivity index (χ3n) is 1.70. The fraction of sp³-hybridized carbons (Fsp3) is 0.625. The lowest BCUT2D eigenvalue weighted by atomic mass is 10.1. The first-order chi connectivity index (χ1) is 6.13. The van der Waals surface area contributed by atoms with Crippen LogP contribution in [-0.2, 0) is 9.53 Å². The molecular weight excluding hydrogens is 174 g/mol. The largest absolute Gasteiger partial charge is 0.393 e. The highest BCUT2D eigenvalue weighted by Crippen LogP contribution is 2.10. The molecule has 1 heterocycles. The summed E-state index contributed by atoms with van der Waals surface area (Å²) in [5, 5.41) is 20.5. The molecule has 0 spiro atoms. The van der Waals surface area contributed by atoms with Crippen molar-refractivity contribution < 1.29 is 19.7 Å². The van der Waals surface area contributed by atoms with E-state index in [1.807, 2.05) is 0 Å². The molecule has 13 heavy (non-hydrogen) atoms. The Hall–Kier alpha value is -0.910. The highest BCUT2D eigenvalue weighted by molar-refractivity contribution is 5.73. The Morgan fingerprint density at radius 2 is 2.31 bits per heavy atom. The van der Waals surface area contributed by atoms with Crippen LogP contribution in [0.25, 0.3) is 0 Å². The van der Waals surface area contributed by atoms with Crippen LogP contribution in [0.5, 0.6) is 0 Å². The summed E-state index contributed by atoms with van der Waals surface area (Å²) in [4.78, 5) is 10.6. The van der Waals surface area contributed by atoms with Crippen molar-refractivity contribution in [3.63, 3.8) is 0 Å². The summed E-state index contributed by atoms with van der Waals surface area (Å²) >= 11 is 0. The Morgan fingerprint density at radius 1 is 1.62 bits per heavy atom. The average molecular weight is 187 g/mol. The van der Waals surface area contributed by atoms with Gasteiger partial charge < -0.3 is 20.3 Å². The first kappa shape index (κ1) is 10.2. The van der Waals surface area contributed by atoms with E-state index >= 15 is 0 Å². The summed E-state index contributed by atoms with van der Waals surface area (Å²) in [5.41, 5.74) is 0. The van der Waals surface area contributed by atoms with Gasteiger partial charge in [-0.05, 0) is 0 Å². The van der Waals surface area contributed by atoms with Gasteiger partial charge in [-0.15, -0.1) is 0 Å². The first-order valence-corrected chi connectivity index (χ1v) is 4.03. The van der Waals surface area contributed by atoms with E-state index in [0.717, 1.165) is 0 Å². The van der Waals surface area contributed by atoms with Crippen LogP contribution >= 0.6 is 0 Å². The number of carbonyl (C=O) groups excluding carboxylic acids is 1. The minimum Gasteiger partial charge on any atom is -0.393 e. The molecule has 1 aliphatic rings. The number of aliphatic hydroxyl groups is 2. The van der Waals surface area contributed by atoms with Gasteiger partial charge in [-0.3, -0.25) is 4.79 Å². The van der Waals surface area contributed by atoms with E-state index in [-0.39, 0.29) is 12.5 Å². The van der Waals surface area contributed by atoms with E-state index in [4.69, 9.17) is 9.84 Å². The molecule has 5 nitrogen and oxygen atoms in total. The van der Waals surface area contributed by atoms with Crippen molar-refractivity contribution >= 4 is 5.91 Å². The zero-order chi connectivity index (χ0) is 9.84. The van der Waals surface area contributed by atoms with Gasteiger partial charge >= 0.3 is 0 Å². The third kappa shape index (κ3) is 2.80. The molecule has 0 aromatic rings. The third-order valence-corrected chi connectivity index (χ3v) is 1.70. The standard InChI is InChI=1S/C8H13NO4/c1-5(11)9-7-3-2-6(4-10)13-8(7)12/h2-3,6-8,10,12H,4H2,1H3,(H,9,11)/t6?,7-,8+/m0/s1. The minimum absolute atomic E-state index is 0.180. The predicted octanol–water partition coefficient (Wildman–Crippen LogP) is -1.24. The molecule has 0 fully saturated rings. The Morgan fingerprint density at radius 3 is 2.77 bits per heavy atom. The van der Waals surface area contributed by atoms with Crippen LogP contribution in [-0.4, -0.2) is 41.2 Å². The maximum Gasteiger partial charge on any atom is 0.217 e. The Balaban J connectivity index is 2.53. The van der Waals surface area contributed by atoms with Gasteiger partial charge in [0.1, 0.15) is 6.10 Å². The lowest BCUT2D eigenvalue weighted by Gasteiger charge is -2.28. The zero-order valence-corrected chi connectivity index (χ0v) is 7.30. The van der Waals surface area contributed by atoms with Gasteiger partial charge in [-0.2, -0.15) is 0 Å². The van der Waals surface area contributed by atoms with E-state index in [2.05, 4.69) is 5.32 Å². The zero-order valence-electron chi connectivity index (χ0n) is 7.30. The van der Waals surface area contributed by atoms with E-state index in [1.165, 1.54) is 6.92 Å². The summed E-state index contributed by atoms with van der Waals surface area (Å²) in [6.45, 7) is 1.18. The number of carbonyl (C=O) groups is 1. The molecule has 74 valence electrons. The van der Waals surface area contributed by atoms with Gasteiger partial charge in [0.05, 0.1) is 12.6 Å². The summed E-state index contributed by atoms with van der Waals surface area (Å²) in [6, 6.07) is -0.528. The first-order valence-electron chi connectivity index (χ1n) is 4.03. The lowest BCUT2D eigenvalue weighted by Crippen LogP contribution is -2.46. The fourth-order valence-corrected chi connectivity index (χ4v) is 1.11. The predicted molar refractivity (Wildman–Crippen MR) is 44.7 cm³/mol. The second-order valence-electron chi connectivity index (χ2n) is 2.86. The van der Waals surface area contributed by atoms with Crippen molar-refractivity contribution in [2.24, 2.45) is 0 Å². The van der Waals surface area contributed by atoms with E-state index in [0.29, 0.717) is 0 Å². The van der Waals surface area contributed by atoms with Crippen molar-refractivity contribution in [1.82, 2.24) is 5.32 Å². The molecule has 1 rings (SSSR count). The Kier molecular flexibility index (Phi) is 3.41. The monoisotopic (exact) mass is 187 g/mol. The Labute approximate surface area is 76.0 Å². The molecule has 0 aromatic carbocycles. The molecule has 0 aromatic heterocycles. The smallest absolute Gasteiger partial charge is 0.217 e. The molecule has 5 heteroatoms. The minimum atomic E-state index is -1.09. The number of nitrogens with one attached hydrogen (secondary N) is 1. The van der Waals surface area contributed by atoms with Crippen LogP contribution in [0.15, 0.2) is 12.2 Å². The number of ether oxygens (including phenoxy) is 1. The molecule has 0 radical (unpaired) electrons. The van der Waals surface area contributed by atoms with Gasteiger partial charge in [0.2, 0.25) is 5.91 Å². The van der Waals surface area contributed by atoms with Crippen LogP contribution in [0.1, 0.15) is 6.92 Å². The molecule has 1 amide bonds. The SMILES string of the molecule is CC(=O)N[C@H]1C=CC(CO)O[C@H]1O. The number of aliphatic hydroxyl groups excluding tert-OH is 2. The molecule has 0 bridgehead atoms. The summed E-state index contributed by atoms with van der Waals surface area (Å²) in [7, 11) is 0. The molecule has 0 saturated heterocycles. The molecule has 1 aliphatic heterocycles. The fourth-order valence-electron chi connectivity index (χ4n) is 1.11. The van der Waals surface area contributed by atoms with E-state index in [1.54, 1.807) is 12.2 Å². The molecular formula is C8H13NO4. The van der Waals surface area contributed by atoms with Crippen LogP contribution in [0.2, 0.25) is 0 Å². The second kappa shape index (κ2) is 4.36. The van der Waals surface area contributed by atoms with Crippen molar-refractivity contribution in [3.8, 4) is 0 Å². The maximum atomic E-state index is 10.6. The topological polar surface area (TPSA) is 78.8 Å². The van der Waals surface area contributed by atoms with Crippen molar-refractivity contribution in [3.05, 3.63) is 12.2 Å². The molecule has 1 unspecified atom stereocenters. The quantitative estimate of drug-likeness (QED) is 0.472. The number of amides is 1. The van der Waals surface area contributed by atoms with Crippen molar-refractivity contribution in [1.29, 1.82) is 0 Å². The molecule has 0 aliphatic carbocycles. The van der Waals surface area contributed by atoms with E-state index in [9.17, 15) is 9.90 Å². The lowest BCUT2D eigenvalue weighted by molar-refractivity contribution is -0.152. The summed E-state index contributed by atoms with van der Waals surface area (Å²) in [6.07, 6.45) is 1.63. The van der Waals surface area contributed by atoms with Gasteiger partial charge in [0, 0.05) is 6.92 Å². The number of hydrogen-bond acceptors (Lipinski definition) is 4.